The standard InChI is InChI=1S/C17H21N5O3/c1-11(2)18-16(23)15-20-19-14-10-21(8-9-22(14)15)17(24)12-4-6-13(25-3)7-5-12/h4-7,11H,8-10H2,1-3H3,(H,18,23). The highest BCUT2D eigenvalue weighted by Gasteiger charge is 2.27. The molecular formula is C17H21N5O3. The zero-order chi connectivity index (χ0) is 18.0. The molecule has 1 aromatic heterocycles. The third-order valence-electron chi connectivity index (χ3n) is 4.00. The Bertz CT molecular complexity index is 782. The molecule has 0 unspecified atom stereocenters. The number of ether oxygens (including phenoxy) is 1. The van der Waals surface area contributed by atoms with Crippen molar-refractivity contribution in [1.82, 2.24) is 25.0 Å². The van der Waals surface area contributed by atoms with Gasteiger partial charge in [-0.05, 0) is 38.1 Å². The molecule has 8 heteroatoms. The van der Waals surface area contributed by atoms with Gasteiger partial charge in [-0.15, -0.1) is 10.2 Å². The number of hydrogen-bond acceptors (Lipinski definition) is 5. The van der Waals surface area contributed by atoms with E-state index in [-0.39, 0.29) is 17.9 Å². The number of rotatable bonds is 4. The molecule has 1 aromatic carbocycles. The fourth-order valence-electron chi connectivity index (χ4n) is 2.74. The quantitative estimate of drug-likeness (QED) is 0.897. The molecule has 0 atom stereocenters. The van der Waals surface area contributed by atoms with Crippen LogP contribution < -0.4 is 10.1 Å². The van der Waals surface area contributed by atoms with Crippen LogP contribution in [0.2, 0.25) is 0 Å². The fourth-order valence-corrected chi connectivity index (χ4v) is 2.74. The van der Waals surface area contributed by atoms with Crippen LogP contribution in [0.3, 0.4) is 0 Å². The number of aromatic nitrogens is 3. The van der Waals surface area contributed by atoms with Crippen molar-refractivity contribution >= 4 is 11.8 Å². The zero-order valence-corrected chi connectivity index (χ0v) is 14.5. The van der Waals surface area contributed by atoms with Crippen molar-refractivity contribution in [1.29, 1.82) is 0 Å². The Morgan fingerprint density at radius 1 is 1.16 bits per heavy atom. The second kappa shape index (κ2) is 6.92. The molecular weight excluding hydrogens is 322 g/mol. The number of hydrogen-bond donors (Lipinski definition) is 1. The van der Waals surface area contributed by atoms with Gasteiger partial charge in [-0.2, -0.15) is 0 Å². The molecule has 1 N–H and O–H groups in total. The number of carbonyl (C=O) groups excluding carboxylic acids is 2. The first-order chi connectivity index (χ1) is 12.0. The Kier molecular flexibility index (Phi) is 4.69. The molecule has 3 rings (SSSR count). The van der Waals surface area contributed by atoms with E-state index in [0.717, 1.165) is 0 Å². The first-order valence-corrected chi connectivity index (χ1v) is 8.16. The van der Waals surface area contributed by atoms with Crippen LogP contribution in [0, 0.1) is 0 Å². The Hall–Kier alpha value is -2.90. The van der Waals surface area contributed by atoms with E-state index in [9.17, 15) is 9.59 Å². The van der Waals surface area contributed by atoms with Gasteiger partial charge in [0, 0.05) is 24.7 Å². The number of carbonyl (C=O) groups is 2. The van der Waals surface area contributed by atoms with Gasteiger partial charge in [0.25, 0.3) is 11.8 Å². The highest BCUT2D eigenvalue weighted by atomic mass is 16.5. The van der Waals surface area contributed by atoms with Crippen LogP contribution in [0.4, 0.5) is 0 Å². The van der Waals surface area contributed by atoms with Gasteiger partial charge in [0.15, 0.2) is 5.82 Å². The lowest BCUT2D eigenvalue weighted by Crippen LogP contribution is -2.40. The van der Waals surface area contributed by atoms with E-state index in [4.69, 9.17) is 4.74 Å². The molecule has 0 bridgehead atoms. The average molecular weight is 343 g/mol. The number of methoxy groups -OCH3 is 1. The van der Waals surface area contributed by atoms with E-state index in [2.05, 4.69) is 15.5 Å². The van der Waals surface area contributed by atoms with Crippen molar-refractivity contribution < 1.29 is 14.3 Å². The van der Waals surface area contributed by atoms with E-state index in [1.807, 2.05) is 13.8 Å². The van der Waals surface area contributed by atoms with Crippen LogP contribution in [-0.4, -0.2) is 51.2 Å². The van der Waals surface area contributed by atoms with Crippen LogP contribution in [0.5, 0.6) is 5.75 Å². The second-order valence-electron chi connectivity index (χ2n) is 6.17. The lowest BCUT2D eigenvalue weighted by Gasteiger charge is -2.27. The van der Waals surface area contributed by atoms with Gasteiger partial charge in [0.2, 0.25) is 5.82 Å². The lowest BCUT2D eigenvalue weighted by atomic mass is 10.2. The van der Waals surface area contributed by atoms with E-state index >= 15 is 0 Å². The summed E-state index contributed by atoms with van der Waals surface area (Å²) in [7, 11) is 1.58. The Labute approximate surface area is 145 Å². The minimum atomic E-state index is -0.247. The van der Waals surface area contributed by atoms with Gasteiger partial charge < -0.3 is 19.5 Å². The summed E-state index contributed by atoms with van der Waals surface area (Å²) >= 11 is 0. The Morgan fingerprint density at radius 2 is 1.88 bits per heavy atom. The first kappa shape index (κ1) is 16.9. The predicted molar refractivity (Wildman–Crippen MR) is 90.4 cm³/mol. The van der Waals surface area contributed by atoms with Crippen molar-refractivity contribution in [2.75, 3.05) is 13.7 Å². The van der Waals surface area contributed by atoms with Crippen LogP contribution in [0.1, 0.15) is 40.6 Å². The molecule has 1 aliphatic heterocycles. The number of nitrogens with one attached hydrogen (secondary N) is 1. The molecule has 1 aliphatic rings. The molecule has 25 heavy (non-hydrogen) atoms. The topological polar surface area (TPSA) is 89.3 Å². The molecule has 8 nitrogen and oxygen atoms in total. The molecule has 2 heterocycles. The predicted octanol–water partition coefficient (Wildman–Crippen LogP) is 1.08. The zero-order valence-electron chi connectivity index (χ0n) is 14.5. The van der Waals surface area contributed by atoms with Crippen molar-refractivity contribution in [3.05, 3.63) is 41.5 Å². The van der Waals surface area contributed by atoms with Crippen LogP contribution in [0.25, 0.3) is 0 Å². The van der Waals surface area contributed by atoms with Gasteiger partial charge in [-0.3, -0.25) is 9.59 Å². The summed E-state index contributed by atoms with van der Waals surface area (Å²) in [6.07, 6.45) is 0. The van der Waals surface area contributed by atoms with Crippen molar-refractivity contribution in [3.63, 3.8) is 0 Å². The molecule has 2 amide bonds. The SMILES string of the molecule is COc1ccc(C(=O)N2CCn3c(nnc3C(=O)NC(C)C)C2)cc1. The minimum Gasteiger partial charge on any atom is -0.497 e. The summed E-state index contributed by atoms with van der Waals surface area (Å²) in [5.41, 5.74) is 0.589. The highest BCUT2D eigenvalue weighted by molar-refractivity contribution is 5.94. The first-order valence-electron chi connectivity index (χ1n) is 8.16. The summed E-state index contributed by atoms with van der Waals surface area (Å²) in [5, 5.41) is 10.9. The van der Waals surface area contributed by atoms with Gasteiger partial charge in [0.1, 0.15) is 5.75 Å². The average Bonchev–Trinajstić information content (AvgIpc) is 3.04. The van der Waals surface area contributed by atoms with E-state index in [1.54, 1.807) is 40.8 Å². The van der Waals surface area contributed by atoms with E-state index in [0.29, 0.717) is 42.6 Å². The normalized spacial score (nSPS) is 13.5. The molecule has 0 aliphatic carbocycles. The molecule has 2 aromatic rings. The highest BCUT2D eigenvalue weighted by Crippen LogP contribution is 2.17. The molecule has 0 saturated heterocycles. The summed E-state index contributed by atoms with van der Waals surface area (Å²) in [6, 6.07) is 7.02. The summed E-state index contributed by atoms with van der Waals surface area (Å²) in [6.45, 7) is 5.09. The van der Waals surface area contributed by atoms with Crippen molar-refractivity contribution in [2.24, 2.45) is 0 Å². The van der Waals surface area contributed by atoms with Gasteiger partial charge >= 0.3 is 0 Å². The Morgan fingerprint density at radius 3 is 2.52 bits per heavy atom. The maximum Gasteiger partial charge on any atom is 0.289 e. The number of benzene rings is 1. The molecule has 0 saturated carbocycles. The molecule has 0 radical (unpaired) electrons. The molecule has 0 spiro atoms. The fraction of sp³-hybridized carbons (Fsp3) is 0.412. The largest absolute Gasteiger partial charge is 0.497 e. The van der Waals surface area contributed by atoms with Gasteiger partial charge in [-0.25, -0.2) is 0 Å². The smallest absolute Gasteiger partial charge is 0.289 e. The Balaban J connectivity index is 1.74. The molecule has 0 fully saturated rings. The summed E-state index contributed by atoms with van der Waals surface area (Å²) in [4.78, 5) is 26.5. The van der Waals surface area contributed by atoms with Crippen molar-refractivity contribution in [3.8, 4) is 5.75 Å². The van der Waals surface area contributed by atoms with Crippen LogP contribution >= 0.6 is 0 Å². The minimum absolute atomic E-state index is 0.0252. The number of nitrogens with zero attached hydrogens (tertiary/aromatic N) is 4. The maximum atomic E-state index is 12.6. The maximum absolute atomic E-state index is 12.6. The molecule has 132 valence electrons. The van der Waals surface area contributed by atoms with Crippen LogP contribution in [0.15, 0.2) is 24.3 Å². The number of amides is 2. The number of fused-ring (bicyclic) bond motifs is 1. The summed E-state index contributed by atoms with van der Waals surface area (Å²) < 4.78 is 6.88. The lowest BCUT2D eigenvalue weighted by molar-refractivity contribution is 0.0706. The van der Waals surface area contributed by atoms with E-state index in [1.165, 1.54) is 0 Å². The van der Waals surface area contributed by atoms with Crippen LogP contribution in [-0.2, 0) is 13.1 Å². The van der Waals surface area contributed by atoms with Gasteiger partial charge in [0.05, 0.1) is 13.7 Å². The van der Waals surface area contributed by atoms with Gasteiger partial charge in [-0.1, -0.05) is 0 Å². The second-order valence-corrected chi connectivity index (χ2v) is 6.17. The summed E-state index contributed by atoms with van der Waals surface area (Å²) in [5.74, 6) is 1.28. The third-order valence-corrected chi connectivity index (χ3v) is 4.00. The van der Waals surface area contributed by atoms with E-state index < -0.39 is 0 Å². The van der Waals surface area contributed by atoms with Crippen molar-refractivity contribution in [2.45, 2.75) is 33.0 Å². The third kappa shape index (κ3) is 3.47. The monoisotopic (exact) mass is 343 g/mol.